The number of hydrogen-bond donors (Lipinski definition) is 0. The number of carbonyl (C=O) groups excluding carboxylic acids is 1. The van der Waals surface area contributed by atoms with E-state index in [4.69, 9.17) is 0 Å². The zero-order chi connectivity index (χ0) is 16.1. The molecule has 116 valence electrons. The maximum absolute atomic E-state index is 12.5. The molecule has 1 unspecified atom stereocenters. The first-order valence-electron chi connectivity index (χ1n) is 7.39. The van der Waals surface area contributed by atoms with E-state index in [1.54, 1.807) is 17.8 Å². The minimum atomic E-state index is 0.00959. The van der Waals surface area contributed by atoms with E-state index in [1.807, 2.05) is 30.2 Å². The summed E-state index contributed by atoms with van der Waals surface area (Å²) in [4.78, 5) is 19.3. The van der Waals surface area contributed by atoms with Crippen LogP contribution in [0.4, 0.5) is 0 Å². The van der Waals surface area contributed by atoms with Crippen molar-refractivity contribution in [3.8, 4) is 0 Å². The molecule has 0 spiro atoms. The standard InChI is InChI=1S/C18H22N2OS/c1-13(2)18(16-8-6-5-7-14(16)3)20(4)17(21)10-9-15-11-19-12-22-15/h5-13,18H,1-4H3/b10-9+. The number of carbonyl (C=O) groups is 1. The summed E-state index contributed by atoms with van der Waals surface area (Å²) in [5, 5.41) is 0. The van der Waals surface area contributed by atoms with Gasteiger partial charge in [-0.3, -0.25) is 9.78 Å². The number of thiazole rings is 1. The normalized spacial score (nSPS) is 12.8. The number of hydrogen-bond acceptors (Lipinski definition) is 3. The number of aryl methyl sites for hydroxylation is 1. The van der Waals surface area contributed by atoms with Crippen LogP contribution >= 0.6 is 11.3 Å². The molecular formula is C18H22N2OS. The third-order valence-electron chi connectivity index (χ3n) is 3.75. The molecule has 2 rings (SSSR count). The van der Waals surface area contributed by atoms with E-state index in [1.165, 1.54) is 22.5 Å². The minimum absolute atomic E-state index is 0.00959. The fraction of sp³-hybridized carbons (Fsp3) is 0.333. The molecule has 0 saturated carbocycles. The maximum Gasteiger partial charge on any atom is 0.246 e. The van der Waals surface area contributed by atoms with Gasteiger partial charge in [0.1, 0.15) is 0 Å². The first-order valence-corrected chi connectivity index (χ1v) is 8.27. The highest BCUT2D eigenvalue weighted by Gasteiger charge is 2.24. The quantitative estimate of drug-likeness (QED) is 0.770. The smallest absolute Gasteiger partial charge is 0.246 e. The van der Waals surface area contributed by atoms with Crippen molar-refractivity contribution in [3.63, 3.8) is 0 Å². The van der Waals surface area contributed by atoms with Crippen LogP contribution in [0, 0.1) is 12.8 Å². The van der Waals surface area contributed by atoms with Gasteiger partial charge in [-0.25, -0.2) is 0 Å². The number of likely N-dealkylation sites (N-methyl/N-ethyl adjacent to an activating group) is 1. The lowest BCUT2D eigenvalue weighted by Gasteiger charge is -2.32. The van der Waals surface area contributed by atoms with Gasteiger partial charge in [0.05, 0.1) is 11.6 Å². The molecule has 2 aromatic rings. The number of nitrogens with zero attached hydrogens (tertiary/aromatic N) is 2. The molecule has 1 aromatic carbocycles. The maximum atomic E-state index is 12.5. The van der Waals surface area contributed by atoms with Crippen molar-refractivity contribution in [2.75, 3.05) is 7.05 Å². The summed E-state index contributed by atoms with van der Waals surface area (Å²) < 4.78 is 0. The van der Waals surface area contributed by atoms with Crippen molar-refractivity contribution in [1.29, 1.82) is 0 Å². The van der Waals surface area contributed by atoms with Crippen LogP contribution < -0.4 is 0 Å². The van der Waals surface area contributed by atoms with Crippen molar-refractivity contribution >= 4 is 23.3 Å². The van der Waals surface area contributed by atoms with Gasteiger partial charge in [-0.05, 0) is 30.0 Å². The Labute approximate surface area is 136 Å². The van der Waals surface area contributed by atoms with Gasteiger partial charge in [0.2, 0.25) is 5.91 Å². The summed E-state index contributed by atoms with van der Waals surface area (Å²) in [5.74, 6) is 0.349. The molecule has 3 nitrogen and oxygen atoms in total. The molecule has 22 heavy (non-hydrogen) atoms. The van der Waals surface area contributed by atoms with E-state index in [-0.39, 0.29) is 11.9 Å². The summed E-state index contributed by atoms with van der Waals surface area (Å²) in [5.41, 5.74) is 4.19. The van der Waals surface area contributed by atoms with Crippen LogP contribution in [0.15, 0.2) is 42.0 Å². The SMILES string of the molecule is Cc1ccccc1C(C(C)C)N(C)C(=O)/C=C/c1cncs1. The van der Waals surface area contributed by atoms with Crippen LogP contribution in [-0.4, -0.2) is 22.8 Å². The van der Waals surface area contributed by atoms with Crippen LogP contribution in [0.25, 0.3) is 6.08 Å². The molecule has 0 aliphatic heterocycles. The monoisotopic (exact) mass is 314 g/mol. The van der Waals surface area contributed by atoms with E-state index in [9.17, 15) is 4.79 Å². The largest absolute Gasteiger partial charge is 0.335 e. The predicted molar refractivity (Wildman–Crippen MR) is 92.7 cm³/mol. The van der Waals surface area contributed by atoms with Gasteiger partial charge in [-0.2, -0.15) is 0 Å². The molecule has 0 bridgehead atoms. The Hall–Kier alpha value is -1.94. The molecule has 0 fully saturated rings. The summed E-state index contributed by atoms with van der Waals surface area (Å²) in [6, 6.07) is 8.33. The lowest BCUT2D eigenvalue weighted by molar-refractivity contribution is -0.127. The van der Waals surface area contributed by atoms with Gasteiger partial charge in [-0.15, -0.1) is 11.3 Å². The van der Waals surface area contributed by atoms with Gasteiger partial charge in [-0.1, -0.05) is 38.1 Å². The Bertz CT molecular complexity index is 647. The molecule has 4 heteroatoms. The summed E-state index contributed by atoms with van der Waals surface area (Å²) in [6.45, 7) is 6.39. The van der Waals surface area contributed by atoms with Gasteiger partial charge < -0.3 is 4.90 Å². The second-order valence-electron chi connectivity index (χ2n) is 5.73. The van der Waals surface area contributed by atoms with Crippen LogP contribution in [0.3, 0.4) is 0 Å². The van der Waals surface area contributed by atoms with E-state index >= 15 is 0 Å². The molecule has 0 saturated heterocycles. The summed E-state index contributed by atoms with van der Waals surface area (Å²) in [6.07, 6.45) is 5.21. The molecule has 0 N–H and O–H groups in total. The van der Waals surface area contributed by atoms with E-state index in [0.717, 1.165) is 4.88 Å². The predicted octanol–water partition coefficient (Wildman–Crippen LogP) is 4.32. The molecule has 0 aliphatic carbocycles. The Kier molecular flexibility index (Phi) is 5.50. The first kappa shape index (κ1) is 16.4. The Morgan fingerprint density at radius 3 is 2.64 bits per heavy atom. The number of aromatic nitrogens is 1. The van der Waals surface area contributed by atoms with Crippen molar-refractivity contribution in [2.45, 2.75) is 26.8 Å². The average Bonchev–Trinajstić information content (AvgIpc) is 3.00. The van der Waals surface area contributed by atoms with Crippen molar-refractivity contribution in [3.05, 3.63) is 58.1 Å². The highest BCUT2D eigenvalue weighted by molar-refractivity contribution is 7.10. The van der Waals surface area contributed by atoms with Crippen LogP contribution in [0.2, 0.25) is 0 Å². The third-order valence-corrected chi connectivity index (χ3v) is 4.49. The van der Waals surface area contributed by atoms with Crippen molar-refractivity contribution in [1.82, 2.24) is 9.88 Å². The summed E-state index contributed by atoms with van der Waals surface area (Å²) >= 11 is 1.52. The summed E-state index contributed by atoms with van der Waals surface area (Å²) in [7, 11) is 1.87. The van der Waals surface area contributed by atoms with Gasteiger partial charge in [0.25, 0.3) is 0 Å². The zero-order valence-electron chi connectivity index (χ0n) is 13.5. The van der Waals surface area contributed by atoms with Gasteiger partial charge >= 0.3 is 0 Å². The Morgan fingerprint density at radius 2 is 2.05 bits per heavy atom. The fourth-order valence-electron chi connectivity index (χ4n) is 2.65. The first-order chi connectivity index (χ1) is 10.5. The fourth-order valence-corrected chi connectivity index (χ4v) is 3.16. The second-order valence-corrected chi connectivity index (χ2v) is 6.65. The second kappa shape index (κ2) is 7.36. The molecule has 1 amide bonds. The molecular weight excluding hydrogens is 292 g/mol. The van der Waals surface area contributed by atoms with Gasteiger partial charge in [0, 0.05) is 24.2 Å². The molecule has 0 aliphatic rings. The molecule has 1 atom stereocenters. The topological polar surface area (TPSA) is 33.2 Å². The molecule has 1 aromatic heterocycles. The Morgan fingerprint density at radius 1 is 1.32 bits per heavy atom. The van der Waals surface area contributed by atoms with Gasteiger partial charge in [0.15, 0.2) is 0 Å². The van der Waals surface area contributed by atoms with Crippen LogP contribution in [0.1, 0.15) is 35.9 Å². The number of amides is 1. The van der Waals surface area contributed by atoms with Crippen LogP contribution in [-0.2, 0) is 4.79 Å². The molecule has 0 radical (unpaired) electrons. The average molecular weight is 314 g/mol. The third kappa shape index (κ3) is 3.83. The lowest BCUT2D eigenvalue weighted by atomic mass is 9.91. The highest BCUT2D eigenvalue weighted by Crippen LogP contribution is 2.30. The van der Waals surface area contributed by atoms with E-state index in [0.29, 0.717) is 5.92 Å². The molecule has 1 heterocycles. The van der Waals surface area contributed by atoms with Crippen LogP contribution in [0.5, 0.6) is 0 Å². The lowest BCUT2D eigenvalue weighted by Crippen LogP contribution is -2.33. The highest BCUT2D eigenvalue weighted by atomic mass is 32.1. The number of benzene rings is 1. The number of rotatable bonds is 5. The van der Waals surface area contributed by atoms with Crippen molar-refractivity contribution in [2.24, 2.45) is 5.92 Å². The van der Waals surface area contributed by atoms with E-state index in [2.05, 4.69) is 37.9 Å². The van der Waals surface area contributed by atoms with E-state index < -0.39 is 0 Å². The Balaban J connectivity index is 2.21. The zero-order valence-corrected chi connectivity index (χ0v) is 14.3. The van der Waals surface area contributed by atoms with Crippen molar-refractivity contribution < 1.29 is 4.79 Å². The minimum Gasteiger partial charge on any atom is -0.335 e.